The molecule has 0 radical (unpaired) electrons. The molecule has 0 spiro atoms. The number of ether oxygens (including phenoxy) is 1. The predicted octanol–water partition coefficient (Wildman–Crippen LogP) is -0.745. The van der Waals surface area contributed by atoms with Gasteiger partial charge in [0.1, 0.15) is 59.1 Å². The van der Waals surface area contributed by atoms with Crippen molar-refractivity contribution in [1.29, 1.82) is 0 Å². The SMILES string of the molecule is O=C(c1ccc(O)cc1)c1c(O)cc(O)c([C@@H]2O[C@H](CO)[C@@H](O)[C@H](O)[C@H]2O)c1O. The van der Waals surface area contributed by atoms with Crippen LogP contribution in [0.2, 0.25) is 0 Å². The topological polar surface area (TPSA) is 188 Å². The van der Waals surface area contributed by atoms with E-state index in [4.69, 9.17) is 4.74 Å². The molecule has 0 aliphatic carbocycles. The Balaban J connectivity index is 2.10. The van der Waals surface area contributed by atoms with Crippen molar-refractivity contribution < 1.29 is 50.4 Å². The molecule has 0 unspecified atom stereocenters. The molecule has 10 nitrogen and oxygen atoms in total. The smallest absolute Gasteiger partial charge is 0.200 e. The van der Waals surface area contributed by atoms with E-state index in [0.29, 0.717) is 0 Å². The van der Waals surface area contributed by atoms with E-state index in [0.717, 1.165) is 6.07 Å². The van der Waals surface area contributed by atoms with Gasteiger partial charge in [-0.1, -0.05) is 0 Å². The van der Waals surface area contributed by atoms with Gasteiger partial charge in [-0.05, 0) is 24.3 Å². The molecule has 1 fully saturated rings. The van der Waals surface area contributed by atoms with Crippen molar-refractivity contribution in [3.8, 4) is 23.0 Å². The highest BCUT2D eigenvalue weighted by atomic mass is 16.5. The molecule has 10 heteroatoms. The monoisotopic (exact) mass is 408 g/mol. The van der Waals surface area contributed by atoms with Crippen LogP contribution in [-0.2, 0) is 4.74 Å². The van der Waals surface area contributed by atoms with Gasteiger partial charge in [0, 0.05) is 11.6 Å². The van der Waals surface area contributed by atoms with Crippen LogP contribution in [0.3, 0.4) is 0 Å². The Labute approximate surface area is 164 Å². The van der Waals surface area contributed by atoms with Gasteiger partial charge in [0.15, 0.2) is 0 Å². The third-order valence-corrected chi connectivity index (χ3v) is 4.83. The Morgan fingerprint density at radius 3 is 2.10 bits per heavy atom. The molecule has 2 aromatic carbocycles. The van der Waals surface area contributed by atoms with Crippen molar-refractivity contribution >= 4 is 5.78 Å². The van der Waals surface area contributed by atoms with E-state index in [1.54, 1.807) is 0 Å². The van der Waals surface area contributed by atoms with Crippen molar-refractivity contribution in [2.45, 2.75) is 30.5 Å². The molecule has 2 aromatic rings. The molecule has 3 rings (SSSR count). The maximum atomic E-state index is 12.7. The number of aromatic hydroxyl groups is 4. The maximum absolute atomic E-state index is 12.7. The van der Waals surface area contributed by atoms with Gasteiger partial charge in [-0.25, -0.2) is 0 Å². The molecule has 29 heavy (non-hydrogen) atoms. The third kappa shape index (κ3) is 3.59. The summed E-state index contributed by atoms with van der Waals surface area (Å²) in [5.41, 5.74) is -1.12. The minimum atomic E-state index is -1.83. The summed E-state index contributed by atoms with van der Waals surface area (Å²) in [5, 5.41) is 79.7. The molecule has 8 N–H and O–H groups in total. The van der Waals surface area contributed by atoms with Crippen LogP contribution in [0, 0.1) is 0 Å². The Morgan fingerprint density at radius 1 is 0.897 bits per heavy atom. The van der Waals surface area contributed by atoms with Crippen molar-refractivity contribution in [2.24, 2.45) is 0 Å². The lowest BCUT2D eigenvalue weighted by Gasteiger charge is -2.40. The number of carbonyl (C=O) groups excluding carboxylic acids is 1. The summed E-state index contributed by atoms with van der Waals surface area (Å²) in [6.45, 7) is -0.736. The number of ketones is 1. The van der Waals surface area contributed by atoms with E-state index in [1.165, 1.54) is 24.3 Å². The zero-order chi connectivity index (χ0) is 21.5. The van der Waals surface area contributed by atoms with Gasteiger partial charge >= 0.3 is 0 Å². The summed E-state index contributed by atoms with van der Waals surface area (Å²) < 4.78 is 5.32. The van der Waals surface area contributed by atoms with Gasteiger partial charge in [-0.2, -0.15) is 0 Å². The second-order valence-corrected chi connectivity index (χ2v) is 6.68. The molecule has 0 amide bonds. The third-order valence-electron chi connectivity index (χ3n) is 4.83. The molecular formula is C19H20O10. The first-order valence-corrected chi connectivity index (χ1v) is 8.59. The Morgan fingerprint density at radius 2 is 1.52 bits per heavy atom. The average molecular weight is 408 g/mol. The first-order chi connectivity index (χ1) is 13.7. The van der Waals surface area contributed by atoms with Crippen LogP contribution in [0.5, 0.6) is 23.0 Å². The average Bonchev–Trinajstić information content (AvgIpc) is 2.68. The van der Waals surface area contributed by atoms with Crippen LogP contribution in [0.4, 0.5) is 0 Å². The molecule has 1 heterocycles. The second-order valence-electron chi connectivity index (χ2n) is 6.68. The predicted molar refractivity (Wildman–Crippen MR) is 95.7 cm³/mol. The van der Waals surface area contributed by atoms with Gasteiger partial charge in [-0.15, -0.1) is 0 Å². The van der Waals surface area contributed by atoms with Gasteiger partial charge in [0.25, 0.3) is 0 Å². The van der Waals surface area contributed by atoms with E-state index >= 15 is 0 Å². The number of rotatable bonds is 4. The van der Waals surface area contributed by atoms with Crippen LogP contribution in [-0.4, -0.2) is 77.7 Å². The molecule has 0 bridgehead atoms. The fraction of sp³-hybridized carbons (Fsp3) is 0.316. The first-order valence-electron chi connectivity index (χ1n) is 8.59. The van der Waals surface area contributed by atoms with Gasteiger partial charge in [0.2, 0.25) is 5.78 Å². The normalized spacial score (nSPS) is 27.0. The molecule has 1 saturated heterocycles. The maximum Gasteiger partial charge on any atom is 0.200 e. The molecule has 0 aromatic heterocycles. The Bertz CT molecular complexity index is 908. The highest BCUT2D eigenvalue weighted by Gasteiger charge is 2.46. The number of carbonyl (C=O) groups is 1. The largest absolute Gasteiger partial charge is 0.508 e. The van der Waals surface area contributed by atoms with E-state index < -0.39 is 71.3 Å². The highest BCUT2D eigenvalue weighted by Crippen LogP contribution is 2.46. The van der Waals surface area contributed by atoms with Crippen LogP contribution in [0.1, 0.15) is 27.6 Å². The number of aliphatic hydroxyl groups is 4. The minimum absolute atomic E-state index is 0.00107. The van der Waals surface area contributed by atoms with Crippen molar-refractivity contribution in [3.63, 3.8) is 0 Å². The number of phenolic OH excluding ortho intramolecular Hbond substituents is 4. The quantitative estimate of drug-likeness (QED) is 0.299. The zero-order valence-electron chi connectivity index (χ0n) is 14.9. The highest BCUT2D eigenvalue weighted by molar-refractivity contribution is 6.12. The van der Waals surface area contributed by atoms with E-state index in [2.05, 4.69) is 0 Å². The summed E-state index contributed by atoms with van der Waals surface area (Å²) in [4.78, 5) is 12.7. The fourth-order valence-electron chi connectivity index (χ4n) is 3.26. The number of aliphatic hydroxyl groups excluding tert-OH is 4. The van der Waals surface area contributed by atoms with Crippen molar-refractivity contribution in [2.75, 3.05) is 6.61 Å². The summed E-state index contributed by atoms with van der Waals surface area (Å²) in [6, 6.07) is 5.69. The summed E-state index contributed by atoms with van der Waals surface area (Å²) >= 11 is 0. The van der Waals surface area contributed by atoms with Crippen LogP contribution >= 0.6 is 0 Å². The van der Waals surface area contributed by atoms with Crippen molar-refractivity contribution in [1.82, 2.24) is 0 Å². The van der Waals surface area contributed by atoms with Gasteiger partial charge in [0.05, 0.1) is 12.2 Å². The summed E-state index contributed by atoms with van der Waals surface area (Å²) in [6.07, 6.45) is -8.22. The fourth-order valence-corrected chi connectivity index (χ4v) is 3.26. The second kappa shape index (κ2) is 7.85. The number of benzene rings is 2. The minimum Gasteiger partial charge on any atom is -0.508 e. The van der Waals surface area contributed by atoms with E-state index in [1.807, 2.05) is 0 Å². The molecule has 156 valence electrons. The standard InChI is InChI=1S/C19H20O10/c20-6-11-15(25)17(27)18(28)19(29-11)13-10(23)5-9(22)12(16(13)26)14(24)7-1-3-8(21)4-2-7/h1-5,11,15,17-23,25-28H,6H2/t11-,15-,17+,18-,19+/m1/s1. The lowest BCUT2D eigenvalue weighted by atomic mass is 9.88. The Kier molecular flexibility index (Phi) is 5.64. The molecule has 1 aliphatic rings. The number of phenols is 4. The van der Waals surface area contributed by atoms with Crippen molar-refractivity contribution in [3.05, 3.63) is 47.0 Å². The number of hydrogen-bond acceptors (Lipinski definition) is 10. The first kappa shape index (κ1) is 20.8. The van der Waals surface area contributed by atoms with E-state index in [-0.39, 0.29) is 11.3 Å². The van der Waals surface area contributed by atoms with Gasteiger partial charge < -0.3 is 45.6 Å². The van der Waals surface area contributed by atoms with E-state index in [9.17, 15) is 45.6 Å². The number of hydrogen-bond donors (Lipinski definition) is 8. The Hall–Kier alpha value is -2.89. The van der Waals surface area contributed by atoms with Crippen LogP contribution in [0.25, 0.3) is 0 Å². The lowest BCUT2D eigenvalue weighted by molar-refractivity contribution is -0.232. The molecular weight excluding hydrogens is 388 g/mol. The van der Waals surface area contributed by atoms with Crippen LogP contribution < -0.4 is 0 Å². The molecule has 5 atom stereocenters. The van der Waals surface area contributed by atoms with Crippen LogP contribution in [0.15, 0.2) is 30.3 Å². The summed E-state index contributed by atoms with van der Waals surface area (Å²) in [5.74, 6) is -3.38. The zero-order valence-corrected chi connectivity index (χ0v) is 14.9. The van der Waals surface area contributed by atoms with Gasteiger partial charge in [-0.3, -0.25) is 4.79 Å². The lowest BCUT2D eigenvalue weighted by Crippen LogP contribution is -2.55. The molecule has 0 saturated carbocycles. The summed E-state index contributed by atoms with van der Waals surface area (Å²) in [7, 11) is 0. The molecule has 1 aliphatic heterocycles.